The molecule has 2 aromatic rings. The normalized spacial score (nSPS) is 16.6. The van der Waals surface area contributed by atoms with Gasteiger partial charge in [0.2, 0.25) is 5.91 Å². The molecule has 1 aliphatic carbocycles. The second-order valence-electron chi connectivity index (χ2n) is 9.24. The van der Waals surface area contributed by atoms with Crippen molar-refractivity contribution in [1.82, 2.24) is 24.9 Å². The van der Waals surface area contributed by atoms with E-state index in [-0.39, 0.29) is 35.9 Å². The van der Waals surface area contributed by atoms with Gasteiger partial charge in [0.05, 0.1) is 0 Å². The molecule has 1 saturated carbocycles. The summed E-state index contributed by atoms with van der Waals surface area (Å²) < 4.78 is 1.66. The van der Waals surface area contributed by atoms with Gasteiger partial charge in [0.1, 0.15) is 5.69 Å². The van der Waals surface area contributed by atoms with E-state index in [1.165, 1.54) is 6.42 Å². The highest BCUT2D eigenvalue weighted by molar-refractivity contribution is 5.98. The van der Waals surface area contributed by atoms with Crippen LogP contribution in [-0.4, -0.2) is 63.0 Å². The Morgan fingerprint density at radius 2 is 1.85 bits per heavy atom. The number of rotatable bonds is 8. The first kappa shape index (κ1) is 24.0. The van der Waals surface area contributed by atoms with E-state index >= 15 is 0 Å². The highest BCUT2D eigenvalue weighted by Gasteiger charge is 2.28. The lowest BCUT2D eigenvalue weighted by molar-refractivity contribution is -0.122. The molecular weight excluding hydrogens is 430 g/mol. The number of carbonyl (C=O) groups excluding carboxylic acids is 3. The maximum Gasteiger partial charge on any atom is 0.274 e. The molecule has 8 nitrogen and oxygen atoms in total. The van der Waals surface area contributed by atoms with Gasteiger partial charge in [-0.3, -0.25) is 19.1 Å². The summed E-state index contributed by atoms with van der Waals surface area (Å²) in [5.74, 6) is -0.357. The number of carbonyl (C=O) groups is 3. The quantitative estimate of drug-likeness (QED) is 0.648. The largest absolute Gasteiger partial charge is 0.353 e. The van der Waals surface area contributed by atoms with Crippen LogP contribution in [0.4, 0.5) is 0 Å². The first-order valence-corrected chi connectivity index (χ1v) is 12.5. The van der Waals surface area contributed by atoms with Crippen LogP contribution in [0.3, 0.4) is 0 Å². The molecule has 34 heavy (non-hydrogen) atoms. The standard InChI is InChI=1S/C26H35N5O3/c1-2-29(17-14-24(32)27-21-12-7-4-8-13-21)25(33)22-18-23-26(34)30(15-9-16-31(23)28-22)19-20-10-5-3-6-11-20/h3,5-6,10-11,18,21H,2,4,7-9,12-17,19H2,1H3,(H,27,32). The van der Waals surface area contributed by atoms with Crippen LogP contribution in [0.15, 0.2) is 36.4 Å². The summed E-state index contributed by atoms with van der Waals surface area (Å²) in [6.45, 7) is 4.49. The SMILES string of the molecule is CCN(CCC(=O)NC1CCCCC1)C(=O)c1cc2n(n1)CCCN(Cc1ccccc1)C2=O. The number of nitrogens with one attached hydrogen (secondary N) is 1. The zero-order valence-corrected chi connectivity index (χ0v) is 20.0. The fourth-order valence-corrected chi connectivity index (χ4v) is 4.84. The van der Waals surface area contributed by atoms with E-state index < -0.39 is 0 Å². The number of nitrogens with zero attached hydrogens (tertiary/aromatic N) is 4. The summed E-state index contributed by atoms with van der Waals surface area (Å²) in [6, 6.07) is 11.8. The topological polar surface area (TPSA) is 87.5 Å². The molecule has 0 saturated heterocycles. The van der Waals surface area contributed by atoms with E-state index in [1.54, 1.807) is 15.6 Å². The predicted octanol–water partition coefficient (Wildman–Crippen LogP) is 3.23. The number of aromatic nitrogens is 2. The summed E-state index contributed by atoms with van der Waals surface area (Å²) in [6.07, 6.45) is 6.70. The van der Waals surface area contributed by atoms with Gasteiger partial charge in [-0.25, -0.2) is 0 Å². The maximum atomic E-state index is 13.2. The molecule has 1 aromatic heterocycles. The van der Waals surface area contributed by atoms with Crippen molar-refractivity contribution in [2.24, 2.45) is 0 Å². The minimum Gasteiger partial charge on any atom is -0.353 e. The first-order chi connectivity index (χ1) is 16.5. The van der Waals surface area contributed by atoms with Gasteiger partial charge in [0.15, 0.2) is 5.69 Å². The fraction of sp³-hybridized carbons (Fsp3) is 0.538. The summed E-state index contributed by atoms with van der Waals surface area (Å²) >= 11 is 0. The van der Waals surface area contributed by atoms with Crippen LogP contribution in [0.2, 0.25) is 0 Å². The summed E-state index contributed by atoms with van der Waals surface area (Å²) in [5, 5.41) is 7.58. The molecule has 0 spiro atoms. The molecule has 0 atom stereocenters. The Kier molecular flexibility index (Phi) is 7.98. The third-order valence-corrected chi connectivity index (χ3v) is 6.77. The Labute approximate surface area is 201 Å². The van der Waals surface area contributed by atoms with Crippen LogP contribution in [0.25, 0.3) is 0 Å². The number of aryl methyl sites for hydroxylation is 1. The smallest absolute Gasteiger partial charge is 0.274 e. The van der Waals surface area contributed by atoms with Crippen LogP contribution in [0.5, 0.6) is 0 Å². The lowest BCUT2D eigenvalue weighted by atomic mass is 9.95. The molecule has 3 amide bonds. The van der Waals surface area contributed by atoms with E-state index in [0.29, 0.717) is 38.4 Å². The highest BCUT2D eigenvalue weighted by atomic mass is 16.2. The Bertz CT molecular complexity index is 997. The van der Waals surface area contributed by atoms with Crippen LogP contribution in [0.1, 0.15) is 78.4 Å². The number of fused-ring (bicyclic) bond motifs is 1. The molecule has 1 N–H and O–H groups in total. The molecule has 1 aliphatic heterocycles. The van der Waals surface area contributed by atoms with Crippen molar-refractivity contribution >= 4 is 17.7 Å². The van der Waals surface area contributed by atoms with Crippen molar-refractivity contribution in [3.63, 3.8) is 0 Å². The Hall–Kier alpha value is -3.16. The average molecular weight is 466 g/mol. The van der Waals surface area contributed by atoms with E-state index in [1.807, 2.05) is 42.2 Å². The molecule has 1 aromatic carbocycles. The Morgan fingerprint density at radius 1 is 1.09 bits per heavy atom. The molecule has 2 heterocycles. The van der Waals surface area contributed by atoms with Crippen LogP contribution < -0.4 is 5.32 Å². The minimum atomic E-state index is -0.240. The molecule has 2 aliphatic rings. The fourth-order valence-electron chi connectivity index (χ4n) is 4.84. The third kappa shape index (κ3) is 5.85. The van der Waals surface area contributed by atoms with Gasteiger partial charge in [-0.2, -0.15) is 5.10 Å². The molecular formula is C26H35N5O3. The van der Waals surface area contributed by atoms with Crippen molar-refractivity contribution in [2.75, 3.05) is 19.6 Å². The molecule has 0 bridgehead atoms. The molecule has 0 radical (unpaired) electrons. The zero-order chi connectivity index (χ0) is 23.9. The molecule has 182 valence electrons. The average Bonchev–Trinajstić information content (AvgIpc) is 3.23. The monoisotopic (exact) mass is 465 g/mol. The van der Waals surface area contributed by atoms with Gasteiger partial charge in [-0.1, -0.05) is 49.6 Å². The van der Waals surface area contributed by atoms with Gasteiger partial charge in [0.25, 0.3) is 11.8 Å². The Morgan fingerprint density at radius 3 is 2.59 bits per heavy atom. The van der Waals surface area contributed by atoms with Crippen molar-refractivity contribution in [3.05, 3.63) is 53.3 Å². The summed E-state index contributed by atoms with van der Waals surface area (Å²) in [5.41, 5.74) is 1.78. The maximum absolute atomic E-state index is 13.2. The number of amides is 3. The van der Waals surface area contributed by atoms with Gasteiger partial charge in [0, 0.05) is 51.3 Å². The van der Waals surface area contributed by atoms with Crippen molar-refractivity contribution in [3.8, 4) is 0 Å². The molecule has 4 rings (SSSR count). The zero-order valence-electron chi connectivity index (χ0n) is 20.0. The lowest BCUT2D eigenvalue weighted by Crippen LogP contribution is -2.39. The molecule has 1 fully saturated rings. The summed E-state index contributed by atoms with van der Waals surface area (Å²) in [7, 11) is 0. The van der Waals surface area contributed by atoms with E-state index in [4.69, 9.17) is 0 Å². The van der Waals surface area contributed by atoms with Crippen molar-refractivity contribution < 1.29 is 14.4 Å². The second kappa shape index (κ2) is 11.3. The third-order valence-electron chi connectivity index (χ3n) is 6.77. The minimum absolute atomic E-state index is 0.00879. The number of hydrogen-bond acceptors (Lipinski definition) is 4. The first-order valence-electron chi connectivity index (χ1n) is 12.5. The van der Waals surface area contributed by atoms with E-state index in [9.17, 15) is 14.4 Å². The van der Waals surface area contributed by atoms with Gasteiger partial charge in [-0.05, 0) is 31.7 Å². The number of benzene rings is 1. The van der Waals surface area contributed by atoms with Crippen LogP contribution in [-0.2, 0) is 17.9 Å². The van der Waals surface area contributed by atoms with Crippen LogP contribution >= 0.6 is 0 Å². The van der Waals surface area contributed by atoms with Crippen LogP contribution in [0, 0.1) is 0 Å². The van der Waals surface area contributed by atoms with Crippen molar-refractivity contribution in [2.45, 2.75) is 71.0 Å². The van der Waals surface area contributed by atoms with Gasteiger partial charge < -0.3 is 15.1 Å². The van der Waals surface area contributed by atoms with E-state index in [0.717, 1.165) is 37.7 Å². The molecule has 0 unspecified atom stereocenters. The van der Waals surface area contributed by atoms with Gasteiger partial charge >= 0.3 is 0 Å². The Balaban J connectivity index is 1.38. The molecule has 8 heteroatoms. The van der Waals surface area contributed by atoms with Gasteiger partial charge in [-0.15, -0.1) is 0 Å². The second-order valence-corrected chi connectivity index (χ2v) is 9.24. The van der Waals surface area contributed by atoms with E-state index in [2.05, 4.69) is 10.4 Å². The summed E-state index contributed by atoms with van der Waals surface area (Å²) in [4.78, 5) is 42.2. The highest BCUT2D eigenvalue weighted by Crippen LogP contribution is 2.19. The van der Waals surface area contributed by atoms with Crippen molar-refractivity contribution in [1.29, 1.82) is 0 Å². The lowest BCUT2D eigenvalue weighted by Gasteiger charge is -2.24. The predicted molar refractivity (Wildman–Crippen MR) is 129 cm³/mol. The number of hydrogen-bond donors (Lipinski definition) is 1.